The van der Waals surface area contributed by atoms with Gasteiger partial charge >= 0.3 is 0 Å². The van der Waals surface area contributed by atoms with E-state index in [9.17, 15) is 0 Å². The van der Waals surface area contributed by atoms with Gasteiger partial charge in [-0.25, -0.2) is 4.98 Å². The Labute approximate surface area is 94.6 Å². The van der Waals surface area contributed by atoms with Gasteiger partial charge in [0.05, 0.1) is 6.61 Å². The first-order chi connectivity index (χ1) is 7.26. The van der Waals surface area contributed by atoms with E-state index in [0.29, 0.717) is 11.2 Å². The molecule has 0 atom stereocenters. The summed E-state index contributed by atoms with van der Waals surface area (Å²) in [5.74, 6) is 0.895. The lowest BCUT2D eigenvalue weighted by Crippen LogP contribution is -2.02. The molecular formula is C10H16N2O2S. The molecule has 1 rings (SSSR count). The maximum atomic E-state index is 5.06. The number of ether oxygens (including phenoxy) is 2. The maximum Gasteiger partial charge on any atom is 0.130 e. The monoisotopic (exact) mass is 228 g/mol. The average Bonchev–Trinajstić information content (AvgIpc) is 2.18. The van der Waals surface area contributed by atoms with Gasteiger partial charge in [0.1, 0.15) is 10.5 Å². The zero-order valence-electron chi connectivity index (χ0n) is 9.08. The Morgan fingerprint density at radius 1 is 1.40 bits per heavy atom. The quantitative estimate of drug-likeness (QED) is 0.596. The van der Waals surface area contributed by atoms with E-state index in [4.69, 9.17) is 21.7 Å². The van der Waals surface area contributed by atoms with Gasteiger partial charge in [-0.3, -0.25) is 0 Å². The Balaban J connectivity index is 2.66. The SMILES string of the molecule is COCCCc1nc(=S)cc(COC)[nH]1. The Kier molecular flexibility index (Phi) is 5.45. The molecule has 0 spiro atoms. The number of nitrogens with one attached hydrogen (secondary N) is 1. The summed E-state index contributed by atoms with van der Waals surface area (Å²) in [5, 5.41) is 0. The van der Waals surface area contributed by atoms with E-state index in [1.54, 1.807) is 14.2 Å². The van der Waals surface area contributed by atoms with Crippen LogP contribution >= 0.6 is 12.2 Å². The van der Waals surface area contributed by atoms with E-state index in [2.05, 4.69) is 9.97 Å². The second kappa shape index (κ2) is 6.66. The van der Waals surface area contributed by atoms with Crippen LogP contribution in [0.15, 0.2) is 6.07 Å². The highest BCUT2D eigenvalue weighted by Crippen LogP contribution is 2.02. The first-order valence-electron chi connectivity index (χ1n) is 4.83. The number of aromatic amines is 1. The van der Waals surface area contributed by atoms with Crippen molar-refractivity contribution in [2.45, 2.75) is 19.4 Å². The molecular weight excluding hydrogens is 212 g/mol. The molecule has 0 unspecified atom stereocenters. The molecule has 15 heavy (non-hydrogen) atoms. The fourth-order valence-electron chi connectivity index (χ4n) is 1.30. The van der Waals surface area contributed by atoms with Crippen molar-refractivity contribution in [1.29, 1.82) is 0 Å². The lowest BCUT2D eigenvalue weighted by atomic mass is 10.3. The van der Waals surface area contributed by atoms with Crippen molar-refractivity contribution in [3.8, 4) is 0 Å². The molecule has 0 saturated heterocycles. The number of methoxy groups -OCH3 is 2. The van der Waals surface area contributed by atoms with Gasteiger partial charge in [0, 0.05) is 32.9 Å². The molecule has 84 valence electrons. The van der Waals surface area contributed by atoms with E-state index in [-0.39, 0.29) is 0 Å². The fourth-order valence-corrected chi connectivity index (χ4v) is 1.55. The predicted molar refractivity (Wildman–Crippen MR) is 60.3 cm³/mol. The van der Waals surface area contributed by atoms with Gasteiger partial charge in [0.15, 0.2) is 0 Å². The molecule has 0 amide bonds. The zero-order valence-corrected chi connectivity index (χ0v) is 9.89. The number of aryl methyl sites for hydroxylation is 1. The molecule has 0 saturated carbocycles. The van der Waals surface area contributed by atoms with Crippen molar-refractivity contribution in [3.05, 3.63) is 22.2 Å². The highest BCUT2D eigenvalue weighted by molar-refractivity contribution is 7.71. The summed E-state index contributed by atoms with van der Waals surface area (Å²) in [7, 11) is 3.35. The van der Waals surface area contributed by atoms with Crippen LogP contribution in [0.2, 0.25) is 0 Å². The van der Waals surface area contributed by atoms with Crippen molar-refractivity contribution >= 4 is 12.2 Å². The number of rotatable bonds is 6. The molecule has 0 fully saturated rings. The van der Waals surface area contributed by atoms with Crippen LogP contribution in [0.4, 0.5) is 0 Å². The standard InChI is InChI=1S/C10H16N2O2S/c1-13-5-3-4-9-11-8(7-14-2)6-10(15)12-9/h6H,3-5,7H2,1-2H3,(H,11,12,15). The molecule has 0 aliphatic heterocycles. The van der Waals surface area contributed by atoms with Gasteiger partial charge in [-0.15, -0.1) is 0 Å². The molecule has 0 aliphatic carbocycles. The van der Waals surface area contributed by atoms with Crippen LogP contribution in [0.3, 0.4) is 0 Å². The van der Waals surface area contributed by atoms with Gasteiger partial charge in [-0.2, -0.15) is 0 Å². The smallest absolute Gasteiger partial charge is 0.130 e. The van der Waals surface area contributed by atoms with Crippen LogP contribution in [0.1, 0.15) is 17.9 Å². The third-order valence-electron chi connectivity index (χ3n) is 1.91. The summed E-state index contributed by atoms with van der Waals surface area (Å²) in [6.45, 7) is 1.26. The molecule has 1 heterocycles. The lowest BCUT2D eigenvalue weighted by Gasteiger charge is -2.04. The maximum absolute atomic E-state index is 5.06. The summed E-state index contributed by atoms with van der Waals surface area (Å²) in [5.41, 5.74) is 0.963. The first-order valence-corrected chi connectivity index (χ1v) is 5.24. The number of hydrogen-bond donors (Lipinski definition) is 1. The minimum Gasteiger partial charge on any atom is -0.385 e. The van der Waals surface area contributed by atoms with Crippen molar-refractivity contribution in [1.82, 2.24) is 9.97 Å². The van der Waals surface area contributed by atoms with Gasteiger partial charge < -0.3 is 14.5 Å². The average molecular weight is 228 g/mol. The molecule has 0 aromatic carbocycles. The molecule has 0 radical (unpaired) electrons. The summed E-state index contributed by atoms with van der Waals surface area (Å²) in [4.78, 5) is 7.42. The van der Waals surface area contributed by atoms with Crippen molar-refractivity contribution in [2.75, 3.05) is 20.8 Å². The second-order valence-electron chi connectivity index (χ2n) is 3.22. The number of hydrogen-bond acceptors (Lipinski definition) is 4. The summed E-state index contributed by atoms with van der Waals surface area (Å²) in [6, 6.07) is 1.82. The van der Waals surface area contributed by atoms with Crippen LogP contribution in [0, 0.1) is 4.64 Å². The van der Waals surface area contributed by atoms with E-state index < -0.39 is 0 Å². The van der Waals surface area contributed by atoms with Gasteiger partial charge in [0.25, 0.3) is 0 Å². The predicted octanol–water partition coefficient (Wildman–Crippen LogP) is 1.86. The van der Waals surface area contributed by atoms with Crippen LogP contribution in [0.5, 0.6) is 0 Å². The lowest BCUT2D eigenvalue weighted by molar-refractivity contribution is 0.180. The van der Waals surface area contributed by atoms with E-state index in [0.717, 1.165) is 31.0 Å². The van der Waals surface area contributed by atoms with E-state index in [1.807, 2.05) is 6.07 Å². The minimum atomic E-state index is 0.531. The van der Waals surface area contributed by atoms with Crippen molar-refractivity contribution in [2.24, 2.45) is 0 Å². The molecule has 1 aromatic heterocycles. The second-order valence-corrected chi connectivity index (χ2v) is 3.64. The first kappa shape index (κ1) is 12.3. The molecule has 0 aliphatic rings. The summed E-state index contributed by atoms with van der Waals surface area (Å²) < 4.78 is 10.6. The van der Waals surface area contributed by atoms with Gasteiger partial charge in [0.2, 0.25) is 0 Å². The molecule has 5 heteroatoms. The van der Waals surface area contributed by atoms with E-state index >= 15 is 0 Å². The fraction of sp³-hybridized carbons (Fsp3) is 0.600. The Bertz CT molecular complexity index is 352. The zero-order chi connectivity index (χ0) is 11.1. The number of H-pyrrole nitrogens is 1. The molecule has 1 aromatic rings. The normalized spacial score (nSPS) is 10.5. The topological polar surface area (TPSA) is 47.1 Å². The molecule has 4 nitrogen and oxygen atoms in total. The van der Waals surface area contributed by atoms with Crippen LogP contribution < -0.4 is 0 Å². The summed E-state index contributed by atoms with van der Waals surface area (Å²) in [6.07, 6.45) is 1.78. The molecule has 1 N–H and O–H groups in total. The number of aromatic nitrogens is 2. The Morgan fingerprint density at radius 2 is 2.20 bits per heavy atom. The van der Waals surface area contributed by atoms with Crippen molar-refractivity contribution < 1.29 is 9.47 Å². The van der Waals surface area contributed by atoms with Crippen molar-refractivity contribution in [3.63, 3.8) is 0 Å². The van der Waals surface area contributed by atoms with Crippen LogP contribution in [0.25, 0.3) is 0 Å². The van der Waals surface area contributed by atoms with Crippen LogP contribution in [-0.2, 0) is 22.5 Å². The largest absolute Gasteiger partial charge is 0.385 e. The van der Waals surface area contributed by atoms with Gasteiger partial charge in [-0.1, -0.05) is 12.2 Å². The third-order valence-corrected chi connectivity index (χ3v) is 2.12. The van der Waals surface area contributed by atoms with Crippen LogP contribution in [-0.4, -0.2) is 30.8 Å². The Hall–Kier alpha value is -0.780. The van der Waals surface area contributed by atoms with E-state index in [1.165, 1.54) is 0 Å². The summed E-state index contributed by atoms with van der Waals surface area (Å²) >= 11 is 5.06. The number of nitrogens with zero attached hydrogens (tertiary/aromatic N) is 1. The molecule has 0 bridgehead atoms. The van der Waals surface area contributed by atoms with Gasteiger partial charge in [-0.05, 0) is 12.5 Å². The third kappa shape index (κ3) is 4.51. The Morgan fingerprint density at radius 3 is 2.87 bits per heavy atom. The highest BCUT2D eigenvalue weighted by Gasteiger charge is 1.99. The highest BCUT2D eigenvalue weighted by atomic mass is 32.1. The minimum absolute atomic E-state index is 0.531.